The first kappa shape index (κ1) is 16.2. The summed E-state index contributed by atoms with van der Waals surface area (Å²) in [5.41, 5.74) is 4.04. The van der Waals surface area contributed by atoms with Crippen LogP contribution in [-0.4, -0.2) is 18.4 Å². The highest BCUT2D eigenvalue weighted by molar-refractivity contribution is 5.96. The van der Waals surface area contributed by atoms with Gasteiger partial charge < -0.3 is 10.2 Å². The minimum Gasteiger partial charge on any atom is -0.326 e. The van der Waals surface area contributed by atoms with Gasteiger partial charge in [0.15, 0.2) is 0 Å². The summed E-state index contributed by atoms with van der Waals surface area (Å²) in [6.07, 6.45) is 2.72. The van der Waals surface area contributed by atoms with E-state index in [0.717, 1.165) is 30.8 Å². The highest BCUT2D eigenvalue weighted by Gasteiger charge is 2.21. The van der Waals surface area contributed by atoms with E-state index in [1.807, 2.05) is 36.4 Å². The van der Waals surface area contributed by atoms with E-state index >= 15 is 0 Å². The van der Waals surface area contributed by atoms with Gasteiger partial charge in [-0.1, -0.05) is 29.8 Å². The van der Waals surface area contributed by atoms with Gasteiger partial charge in [-0.15, -0.1) is 0 Å². The molecule has 3 rings (SSSR count). The van der Waals surface area contributed by atoms with Gasteiger partial charge in [0, 0.05) is 30.8 Å². The van der Waals surface area contributed by atoms with Crippen LogP contribution >= 0.6 is 0 Å². The molecule has 24 heavy (non-hydrogen) atoms. The van der Waals surface area contributed by atoms with Crippen molar-refractivity contribution in [2.24, 2.45) is 0 Å². The van der Waals surface area contributed by atoms with Crippen molar-refractivity contribution in [3.05, 3.63) is 59.7 Å². The highest BCUT2D eigenvalue weighted by atomic mass is 16.2. The monoisotopic (exact) mass is 322 g/mol. The van der Waals surface area contributed by atoms with E-state index in [1.165, 1.54) is 11.1 Å². The number of benzene rings is 2. The lowest BCUT2D eigenvalue weighted by molar-refractivity contribution is -0.117. The fourth-order valence-corrected chi connectivity index (χ4v) is 2.99. The Hall–Kier alpha value is -2.62. The first-order chi connectivity index (χ1) is 11.6. The number of rotatable bonds is 5. The van der Waals surface area contributed by atoms with Crippen LogP contribution in [0.5, 0.6) is 0 Å². The van der Waals surface area contributed by atoms with Crippen LogP contribution in [0.2, 0.25) is 0 Å². The largest absolute Gasteiger partial charge is 0.326 e. The minimum absolute atomic E-state index is 0.00139. The average molecular weight is 322 g/mol. The number of aryl methyl sites for hydroxylation is 2. The molecule has 1 aliphatic heterocycles. The molecule has 1 aliphatic rings. The van der Waals surface area contributed by atoms with Crippen molar-refractivity contribution in [2.45, 2.75) is 32.6 Å². The zero-order valence-electron chi connectivity index (χ0n) is 13.9. The number of amides is 2. The molecular formula is C20H22N2O2. The van der Waals surface area contributed by atoms with E-state index in [-0.39, 0.29) is 11.8 Å². The molecule has 1 heterocycles. The van der Waals surface area contributed by atoms with Gasteiger partial charge in [0.25, 0.3) is 0 Å². The van der Waals surface area contributed by atoms with Gasteiger partial charge in [-0.2, -0.15) is 0 Å². The van der Waals surface area contributed by atoms with Crippen molar-refractivity contribution in [1.29, 1.82) is 0 Å². The maximum atomic E-state index is 12.1. The van der Waals surface area contributed by atoms with E-state index in [1.54, 1.807) is 4.90 Å². The topological polar surface area (TPSA) is 49.4 Å². The lowest BCUT2D eigenvalue weighted by Gasteiger charge is -2.16. The molecule has 0 unspecified atom stereocenters. The summed E-state index contributed by atoms with van der Waals surface area (Å²) >= 11 is 0. The average Bonchev–Trinajstić information content (AvgIpc) is 3.00. The minimum atomic E-state index is 0.00139. The Morgan fingerprint density at radius 3 is 2.62 bits per heavy atom. The smallest absolute Gasteiger partial charge is 0.227 e. The number of carbonyl (C=O) groups is 2. The molecule has 124 valence electrons. The van der Waals surface area contributed by atoms with Crippen LogP contribution in [0.15, 0.2) is 48.5 Å². The first-order valence-electron chi connectivity index (χ1n) is 8.38. The number of carbonyl (C=O) groups excluding carboxylic acids is 2. The normalized spacial score (nSPS) is 14.0. The Morgan fingerprint density at radius 2 is 1.96 bits per heavy atom. The first-order valence-corrected chi connectivity index (χ1v) is 8.38. The molecule has 0 radical (unpaired) electrons. The second kappa shape index (κ2) is 7.30. The maximum Gasteiger partial charge on any atom is 0.227 e. The molecule has 0 aromatic heterocycles. The van der Waals surface area contributed by atoms with Crippen LogP contribution in [0.1, 0.15) is 30.4 Å². The number of nitrogens with zero attached hydrogens (tertiary/aromatic N) is 1. The summed E-state index contributed by atoms with van der Waals surface area (Å²) in [5, 5.41) is 2.91. The van der Waals surface area contributed by atoms with Gasteiger partial charge in [-0.05, 0) is 49.6 Å². The molecule has 0 atom stereocenters. The molecule has 4 heteroatoms. The molecule has 0 bridgehead atoms. The molecule has 2 aromatic carbocycles. The predicted molar refractivity (Wildman–Crippen MR) is 96.2 cm³/mol. The van der Waals surface area contributed by atoms with E-state index in [4.69, 9.17) is 0 Å². The van der Waals surface area contributed by atoms with Crippen molar-refractivity contribution >= 4 is 23.2 Å². The van der Waals surface area contributed by atoms with Crippen LogP contribution in [0.25, 0.3) is 0 Å². The Balaban J connectivity index is 1.53. The lowest BCUT2D eigenvalue weighted by Crippen LogP contribution is -2.23. The van der Waals surface area contributed by atoms with E-state index in [2.05, 4.69) is 24.4 Å². The Kier molecular flexibility index (Phi) is 4.94. The maximum absolute atomic E-state index is 12.1. The van der Waals surface area contributed by atoms with Gasteiger partial charge in [0.05, 0.1) is 0 Å². The quantitative estimate of drug-likeness (QED) is 0.912. The van der Waals surface area contributed by atoms with E-state index < -0.39 is 0 Å². The molecule has 1 N–H and O–H groups in total. The highest BCUT2D eigenvalue weighted by Crippen LogP contribution is 2.23. The molecular weight excluding hydrogens is 300 g/mol. The summed E-state index contributed by atoms with van der Waals surface area (Å²) < 4.78 is 0. The van der Waals surface area contributed by atoms with Crippen LogP contribution in [-0.2, 0) is 16.0 Å². The van der Waals surface area contributed by atoms with Crippen LogP contribution in [0, 0.1) is 6.92 Å². The zero-order chi connectivity index (χ0) is 16.9. The van der Waals surface area contributed by atoms with E-state index in [0.29, 0.717) is 12.8 Å². The molecule has 1 fully saturated rings. The Morgan fingerprint density at radius 1 is 1.17 bits per heavy atom. The fraction of sp³-hybridized carbons (Fsp3) is 0.300. The number of anilines is 2. The number of hydrogen-bond donors (Lipinski definition) is 1. The Bertz CT molecular complexity index is 738. The summed E-state index contributed by atoms with van der Waals surface area (Å²) in [6, 6.07) is 15.7. The van der Waals surface area contributed by atoms with Crippen molar-refractivity contribution in [3.63, 3.8) is 0 Å². The van der Waals surface area contributed by atoms with Gasteiger partial charge in [0.2, 0.25) is 11.8 Å². The van der Waals surface area contributed by atoms with E-state index in [9.17, 15) is 9.59 Å². The van der Waals surface area contributed by atoms with Gasteiger partial charge in [-0.3, -0.25) is 9.59 Å². The molecule has 4 nitrogen and oxygen atoms in total. The van der Waals surface area contributed by atoms with Crippen molar-refractivity contribution < 1.29 is 9.59 Å². The molecule has 0 spiro atoms. The summed E-state index contributed by atoms with van der Waals surface area (Å²) in [6.45, 7) is 2.83. The molecule has 2 amide bonds. The van der Waals surface area contributed by atoms with Gasteiger partial charge in [0.1, 0.15) is 0 Å². The Labute approximate surface area is 142 Å². The van der Waals surface area contributed by atoms with Crippen LogP contribution < -0.4 is 10.2 Å². The molecule has 2 aromatic rings. The van der Waals surface area contributed by atoms with Crippen LogP contribution in [0.4, 0.5) is 11.4 Å². The second-order valence-electron chi connectivity index (χ2n) is 6.23. The number of hydrogen-bond acceptors (Lipinski definition) is 2. The van der Waals surface area contributed by atoms with Crippen molar-refractivity contribution in [3.8, 4) is 0 Å². The van der Waals surface area contributed by atoms with Crippen molar-refractivity contribution in [2.75, 3.05) is 16.8 Å². The van der Waals surface area contributed by atoms with Gasteiger partial charge >= 0.3 is 0 Å². The summed E-state index contributed by atoms with van der Waals surface area (Å²) in [4.78, 5) is 25.6. The SMILES string of the molecule is Cc1cccc(CCC(=O)Nc2ccc(N3CCCC3=O)cc2)c1. The number of nitrogens with one attached hydrogen (secondary N) is 1. The molecule has 0 saturated carbocycles. The predicted octanol–water partition coefficient (Wildman–Crippen LogP) is 3.69. The fourth-order valence-electron chi connectivity index (χ4n) is 2.99. The lowest BCUT2D eigenvalue weighted by atomic mass is 10.1. The standard InChI is InChI=1S/C20H22N2O2/c1-15-4-2-5-16(14-15)7-12-19(23)21-17-8-10-18(11-9-17)22-13-3-6-20(22)24/h2,4-5,8-11,14H,3,6-7,12-13H2,1H3,(H,21,23). The summed E-state index contributed by atoms with van der Waals surface area (Å²) in [5.74, 6) is 0.173. The molecule has 1 saturated heterocycles. The van der Waals surface area contributed by atoms with Crippen LogP contribution in [0.3, 0.4) is 0 Å². The molecule has 0 aliphatic carbocycles. The van der Waals surface area contributed by atoms with Gasteiger partial charge in [-0.25, -0.2) is 0 Å². The third kappa shape index (κ3) is 4.02. The zero-order valence-corrected chi connectivity index (χ0v) is 13.9. The third-order valence-electron chi connectivity index (χ3n) is 4.26. The van der Waals surface area contributed by atoms with Crippen molar-refractivity contribution in [1.82, 2.24) is 0 Å². The second-order valence-corrected chi connectivity index (χ2v) is 6.23. The third-order valence-corrected chi connectivity index (χ3v) is 4.26. The summed E-state index contributed by atoms with van der Waals surface area (Å²) in [7, 11) is 0.